The van der Waals surface area contributed by atoms with Gasteiger partial charge in [-0.15, -0.1) is 0 Å². The van der Waals surface area contributed by atoms with E-state index in [1.165, 1.54) is 5.56 Å². The quantitative estimate of drug-likeness (QED) is 0.857. The zero-order valence-electron chi connectivity index (χ0n) is 12.8. The summed E-state index contributed by atoms with van der Waals surface area (Å²) in [5, 5.41) is 19.9. The predicted octanol–water partition coefficient (Wildman–Crippen LogP) is 4.23. The molecular formula is C18H22O2. The van der Waals surface area contributed by atoms with E-state index in [4.69, 9.17) is 0 Å². The highest BCUT2D eigenvalue weighted by atomic mass is 16.3. The fraction of sp³-hybridized carbons (Fsp3) is 0.333. The maximum Gasteiger partial charge on any atom is 0.121 e. The molecule has 0 heterocycles. The van der Waals surface area contributed by atoms with Crippen molar-refractivity contribution in [2.45, 2.75) is 41.0 Å². The minimum absolute atomic E-state index is 0.369. The van der Waals surface area contributed by atoms with Gasteiger partial charge in [-0.1, -0.05) is 18.2 Å². The summed E-state index contributed by atoms with van der Waals surface area (Å²) in [6.07, 6.45) is 0.771. The highest BCUT2D eigenvalue weighted by Gasteiger charge is 2.12. The molecule has 0 spiro atoms. The molecule has 0 atom stereocenters. The largest absolute Gasteiger partial charge is 0.507 e. The van der Waals surface area contributed by atoms with E-state index in [2.05, 4.69) is 6.92 Å². The summed E-state index contributed by atoms with van der Waals surface area (Å²) in [5.74, 6) is 0.756. The first-order valence-electron chi connectivity index (χ1n) is 6.89. The highest BCUT2D eigenvalue weighted by molar-refractivity contribution is 5.51. The van der Waals surface area contributed by atoms with Crippen molar-refractivity contribution in [3.63, 3.8) is 0 Å². The van der Waals surface area contributed by atoms with E-state index in [9.17, 15) is 10.2 Å². The standard InChI is InChI=1S/C18H22O2/c1-10-6-11(2)18(20)14(5)16(10)9-15-7-12(3)17(19)13(4)8-15/h6-8,19-20H,9H2,1-5H3. The van der Waals surface area contributed by atoms with Gasteiger partial charge in [-0.05, 0) is 80.0 Å². The third-order valence-electron chi connectivity index (χ3n) is 4.02. The van der Waals surface area contributed by atoms with Crippen LogP contribution in [0.4, 0.5) is 0 Å². The van der Waals surface area contributed by atoms with E-state index in [0.29, 0.717) is 11.5 Å². The summed E-state index contributed by atoms with van der Waals surface area (Å²) in [6, 6.07) is 6.05. The fourth-order valence-corrected chi connectivity index (χ4v) is 2.84. The molecule has 0 aliphatic heterocycles. The summed E-state index contributed by atoms with van der Waals surface area (Å²) >= 11 is 0. The monoisotopic (exact) mass is 270 g/mol. The van der Waals surface area contributed by atoms with Gasteiger partial charge in [0, 0.05) is 0 Å². The SMILES string of the molecule is Cc1cc(Cc2c(C)cc(C)c(O)c2C)cc(C)c1O. The number of hydrogen-bond acceptors (Lipinski definition) is 2. The van der Waals surface area contributed by atoms with Crippen LogP contribution in [0.5, 0.6) is 11.5 Å². The van der Waals surface area contributed by atoms with Gasteiger partial charge < -0.3 is 10.2 Å². The number of benzene rings is 2. The molecule has 0 unspecified atom stereocenters. The van der Waals surface area contributed by atoms with Crippen molar-refractivity contribution in [3.05, 3.63) is 57.1 Å². The minimum Gasteiger partial charge on any atom is -0.507 e. The summed E-state index contributed by atoms with van der Waals surface area (Å²) in [6.45, 7) is 9.80. The Labute approximate surface area is 120 Å². The van der Waals surface area contributed by atoms with Crippen LogP contribution < -0.4 is 0 Å². The molecule has 2 rings (SSSR count). The maximum absolute atomic E-state index is 10.1. The van der Waals surface area contributed by atoms with Crippen LogP contribution in [0, 0.1) is 34.6 Å². The first kappa shape index (κ1) is 14.4. The molecule has 2 heteroatoms. The van der Waals surface area contributed by atoms with Crippen molar-refractivity contribution in [3.8, 4) is 11.5 Å². The average Bonchev–Trinajstić information content (AvgIpc) is 2.38. The van der Waals surface area contributed by atoms with Crippen LogP contribution in [-0.2, 0) is 6.42 Å². The summed E-state index contributed by atoms with van der Waals surface area (Å²) in [5.41, 5.74) is 7.18. The third-order valence-corrected chi connectivity index (χ3v) is 4.02. The lowest BCUT2D eigenvalue weighted by atomic mass is 9.92. The second-order valence-corrected chi connectivity index (χ2v) is 5.72. The first-order valence-corrected chi connectivity index (χ1v) is 6.89. The lowest BCUT2D eigenvalue weighted by Crippen LogP contribution is -1.99. The Morgan fingerprint density at radius 3 is 1.75 bits per heavy atom. The molecule has 0 saturated carbocycles. The second-order valence-electron chi connectivity index (χ2n) is 5.72. The van der Waals surface area contributed by atoms with Gasteiger partial charge in [0.15, 0.2) is 0 Å². The molecule has 2 nitrogen and oxygen atoms in total. The van der Waals surface area contributed by atoms with E-state index >= 15 is 0 Å². The normalized spacial score (nSPS) is 10.8. The van der Waals surface area contributed by atoms with Gasteiger partial charge in [-0.3, -0.25) is 0 Å². The van der Waals surface area contributed by atoms with Gasteiger partial charge in [-0.2, -0.15) is 0 Å². The molecule has 0 radical (unpaired) electrons. The molecule has 106 valence electrons. The van der Waals surface area contributed by atoms with Crippen LogP contribution in [0.1, 0.15) is 38.9 Å². The summed E-state index contributed by atoms with van der Waals surface area (Å²) in [4.78, 5) is 0. The number of aromatic hydroxyl groups is 2. The molecule has 0 saturated heterocycles. The van der Waals surface area contributed by atoms with Gasteiger partial charge in [0.05, 0.1) is 0 Å². The van der Waals surface area contributed by atoms with Crippen molar-refractivity contribution in [1.82, 2.24) is 0 Å². The average molecular weight is 270 g/mol. The minimum atomic E-state index is 0.369. The molecule has 0 amide bonds. The third kappa shape index (κ3) is 2.51. The molecule has 0 fully saturated rings. The molecule has 0 bridgehead atoms. The second kappa shape index (κ2) is 5.20. The van der Waals surface area contributed by atoms with Gasteiger partial charge in [-0.25, -0.2) is 0 Å². The Morgan fingerprint density at radius 1 is 0.700 bits per heavy atom. The zero-order valence-corrected chi connectivity index (χ0v) is 12.8. The first-order chi connectivity index (χ1) is 9.31. The molecule has 2 aromatic rings. The van der Waals surface area contributed by atoms with E-state index in [1.54, 1.807) is 0 Å². The molecule has 2 aromatic carbocycles. The van der Waals surface area contributed by atoms with Gasteiger partial charge in [0.1, 0.15) is 11.5 Å². The topological polar surface area (TPSA) is 40.5 Å². The van der Waals surface area contributed by atoms with Crippen molar-refractivity contribution >= 4 is 0 Å². The Balaban J connectivity index is 2.48. The van der Waals surface area contributed by atoms with Crippen molar-refractivity contribution < 1.29 is 10.2 Å². The number of hydrogen-bond donors (Lipinski definition) is 2. The summed E-state index contributed by atoms with van der Waals surface area (Å²) < 4.78 is 0. The van der Waals surface area contributed by atoms with Crippen LogP contribution >= 0.6 is 0 Å². The molecule has 0 aliphatic rings. The highest BCUT2D eigenvalue weighted by Crippen LogP contribution is 2.31. The van der Waals surface area contributed by atoms with Crippen molar-refractivity contribution in [2.24, 2.45) is 0 Å². The van der Waals surface area contributed by atoms with Crippen LogP contribution in [-0.4, -0.2) is 10.2 Å². The lowest BCUT2D eigenvalue weighted by molar-refractivity contribution is 0.465. The van der Waals surface area contributed by atoms with E-state index in [1.807, 2.05) is 45.9 Å². The Hall–Kier alpha value is -1.96. The van der Waals surface area contributed by atoms with Crippen molar-refractivity contribution in [1.29, 1.82) is 0 Å². The number of rotatable bonds is 2. The number of aryl methyl sites for hydroxylation is 4. The van der Waals surface area contributed by atoms with Crippen LogP contribution in [0.3, 0.4) is 0 Å². The van der Waals surface area contributed by atoms with Crippen LogP contribution in [0.15, 0.2) is 18.2 Å². The fourth-order valence-electron chi connectivity index (χ4n) is 2.84. The van der Waals surface area contributed by atoms with E-state index in [0.717, 1.165) is 39.8 Å². The number of phenolic OH excluding ortho intramolecular Hbond substituents is 2. The lowest BCUT2D eigenvalue weighted by Gasteiger charge is -2.15. The van der Waals surface area contributed by atoms with Gasteiger partial charge in [0.25, 0.3) is 0 Å². The Kier molecular flexibility index (Phi) is 3.76. The molecular weight excluding hydrogens is 248 g/mol. The summed E-state index contributed by atoms with van der Waals surface area (Å²) in [7, 11) is 0. The van der Waals surface area contributed by atoms with Gasteiger partial charge in [0.2, 0.25) is 0 Å². The maximum atomic E-state index is 10.1. The van der Waals surface area contributed by atoms with E-state index < -0.39 is 0 Å². The Bertz CT molecular complexity index is 647. The number of phenols is 2. The van der Waals surface area contributed by atoms with Gasteiger partial charge >= 0.3 is 0 Å². The van der Waals surface area contributed by atoms with Crippen molar-refractivity contribution in [2.75, 3.05) is 0 Å². The molecule has 0 aromatic heterocycles. The molecule has 20 heavy (non-hydrogen) atoms. The smallest absolute Gasteiger partial charge is 0.121 e. The van der Waals surface area contributed by atoms with Crippen LogP contribution in [0.25, 0.3) is 0 Å². The molecule has 0 aliphatic carbocycles. The van der Waals surface area contributed by atoms with Crippen LogP contribution in [0.2, 0.25) is 0 Å². The molecule has 2 N–H and O–H groups in total. The predicted molar refractivity (Wildman–Crippen MR) is 82.7 cm³/mol. The van der Waals surface area contributed by atoms with E-state index in [-0.39, 0.29) is 0 Å². The Morgan fingerprint density at radius 2 is 1.20 bits per heavy atom. The zero-order chi connectivity index (χ0) is 15.0.